The quantitative estimate of drug-likeness (QED) is 0.682. The minimum absolute atomic E-state index is 0.00448. The van der Waals surface area contributed by atoms with E-state index in [1.54, 1.807) is 0 Å². The summed E-state index contributed by atoms with van der Waals surface area (Å²) in [6, 6.07) is 6.33. The van der Waals surface area contributed by atoms with E-state index in [9.17, 15) is 14.0 Å². The largest absolute Gasteiger partial charge is 0.396 e. The number of halogens is 1. The third-order valence-corrected chi connectivity index (χ3v) is 2.17. The molecule has 1 aromatic heterocycles. The summed E-state index contributed by atoms with van der Waals surface area (Å²) in [5, 5.41) is 8.10. The molecule has 1 heterocycles. The molecule has 0 aliphatic carbocycles. The summed E-state index contributed by atoms with van der Waals surface area (Å²) in [6.07, 6.45) is 0. The number of amides is 1. The van der Waals surface area contributed by atoms with Gasteiger partial charge in [0.25, 0.3) is 11.5 Å². The Morgan fingerprint density at radius 2 is 2.11 bits per heavy atom. The first kappa shape index (κ1) is 11.8. The summed E-state index contributed by atoms with van der Waals surface area (Å²) in [4.78, 5) is 22.4. The average molecular weight is 248 g/mol. The van der Waals surface area contributed by atoms with Crippen molar-refractivity contribution in [3.63, 3.8) is 0 Å². The number of nitrogens with two attached hydrogens (primary N) is 1. The van der Waals surface area contributed by atoms with Crippen LogP contribution in [0.2, 0.25) is 0 Å². The van der Waals surface area contributed by atoms with Crippen LogP contribution in [0.3, 0.4) is 0 Å². The SMILES string of the molecule is Nc1ccc(NC(=O)c2ccc(=O)[nH]n2)cc1F. The molecule has 1 amide bonds. The average Bonchev–Trinajstić information content (AvgIpc) is 2.34. The van der Waals surface area contributed by atoms with E-state index in [0.717, 1.165) is 6.07 Å². The van der Waals surface area contributed by atoms with Crippen molar-refractivity contribution in [2.24, 2.45) is 0 Å². The van der Waals surface area contributed by atoms with Gasteiger partial charge in [0.2, 0.25) is 0 Å². The summed E-state index contributed by atoms with van der Waals surface area (Å²) in [6.45, 7) is 0. The standard InChI is InChI=1S/C11H9FN4O2/c12-7-5-6(1-2-8(7)13)14-11(18)9-3-4-10(17)16-15-9/h1-5H,13H2,(H,14,18)(H,16,17). The van der Waals surface area contributed by atoms with Gasteiger partial charge >= 0.3 is 0 Å². The Bertz CT molecular complexity index is 633. The molecule has 7 heteroatoms. The number of H-pyrrole nitrogens is 1. The third-order valence-electron chi connectivity index (χ3n) is 2.17. The molecular formula is C11H9FN4O2. The van der Waals surface area contributed by atoms with Gasteiger partial charge < -0.3 is 11.1 Å². The first-order valence-corrected chi connectivity index (χ1v) is 4.98. The molecule has 0 radical (unpaired) electrons. The Morgan fingerprint density at radius 1 is 1.33 bits per heavy atom. The smallest absolute Gasteiger partial charge is 0.276 e. The zero-order valence-corrected chi connectivity index (χ0v) is 9.11. The van der Waals surface area contributed by atoms with E-state index in [-0.39, 0.29) is 17.1 Å². The van der Waals surface area contributed by atoms with Crippen molar-refractivity contribution in [1.82, 2.24) is 10.2 Å². The molecule has 0 aliphatic heterocycles. The normalized spacial score (nSPS) is 10.1. The van der Waals surface area contributed by atoms with Crippen molar-refractivity contribution in [1.29, 1.82) is 0 Å². The predicted molar refractivity (Wildman–Crippen MR) is 63.6 cm³/mol. The van der Waals surface area contributed by atoms with Crippen LogP contribution in [0.5, 0.6) is 0 Å². The van der Waals surface area contributed by atoms with E-state index in [4.69, 9.17) is 5.73 Å². The minimum atomic E-state index is -0.623. The number of aromatic nitrogens is 2. The van der Waals surface area contributed by atoms with Gasteiger partial charge in [0.15, 0.2) is 0 Å². The fourth-order valence-corrected chi connectivity index (χ4v) is 1.27. The first-order valence-electron chi connectivity index (χ1n) is 4.98. The number of rotatable bonds is 2. The first-order chi connectivity index (χ1) is 8.56. The molecule has 18 heavy (non-hydrogen) atoms. The third kappa shape index (κ3) is 2.51. The van der Waals surface area contributed by atoms with E-state index in [1.807, 2.05) is 0 Å². The van der Waals surface area contributed by atoms with Gasteiger partial charge in [-0.3, -0.25) is 9.59 Å². The number of hydrogen-bond donors (Lipinski definition) is 3. The van der Waals surface area contributed by atoms with Crippen LogP contribution in [-0.4, -0.2) is 16.1 Å². The number of benzene rings is 1. The second kappa shape index (κ2) is 4.66. The van der Waals surface area contributed by atoms with Crippen LogP contribution in [0.15, 0.2) is 35.1 Å². The second-order valence-electron chi connectivity index (χ2n) is 3.50. The van der Waals surface area contributed by atoms with Gasteiger partial charge in [-0.15, -0.1) is 0 Å². The molecule has 2 rings (SSSR count). The molecule has 0 bridgehead atoms. The van der Waals surface area contributed by atoms with E-state index < -0.39 is 17.3 Å². The highest BCUT2D eigenvalue weighted by molar-refractivity contribution is 6.02. The Labute approximate surface area is 101 Å². The van der Waals surface area contributed by atoms with Crippen molar-refractivity contribution in [3.8, 4) is 0 Å². The number of nitrogen functional groups attached to an aromatic ring is 1. The molecule has 0 spiro atoms. The highest BCUT2D eigenvalue weighted by atomic mass is 19.1. The van der Waals surface area contributed by atoms with Crippen LogP contribution in [0.1, 0.15) is 10.5 Å². The van der Waals surface area contributed by atoms with Crippen molar-refractivity contribution in [2.75, 3.05) is 11.1 Å². The maximum atomic E-state index is 13.1. The number of anilines is 2. The number of carbonyl (C=O) groups is 1. The maximum Gasteiger partial charge on any atom is 0.276 e. The van der Waals surface area contributed by atoms with Crippen molar-refractivity contribution < 1.29 is 9.18 Å². The van der Waals surface area contributed by atoms with Crippen molar-refractivity contribution in [3.05, 3.63) is 52.2 Å². The number of nitrogens with zero attached hydrogens (tertiary/aromatic N) is 1. The summed E-state index contributed by atoms with van der Waals surface area (Å²) in [5.41, 5.74) is 5.16. The fraction of sp³-hybridized carbons (Fsp3) is 0. The lowest BCUT2D eigenvalue weighted by Gasteiger charge is -2.05. The lowest BCUT2D eigenvalue weighted by Crippen LogP contribution is -2.17. The van der Waals surface area contributed by atoms with Gasteiger partial charge in [0.05, 0.1) is 5.69 Å². The molecule has 6 nitrogen and oxygen atoms in total. The Kier molecular flexibility index (Phi) is 3.05. The van der Waals surface area contributed by atoms with E-state index in [2.05, 4.69) is 15.5 Å². The monoisotopic (exact) mass is 248 g/mol. The van der Waals surface area contributed by atoms with Crippen LogP contribution in [0, 0.1) is 5.82 Å². The number of carbonyl (C=O) groups excluding carboxylic acids is 1. The Hall–Kier alpha value is -2.70. The summed E-state index contributed by atoms with van der Waals surface area (Å²) in [7, 11) is 0. The fourth-order valence-electron chi connectivity index (χ4n) is 1.27. The highest BCUT2D eigenvalue weighted by Crippen LogP contribution is 2.16. The summed E-state index contributed by atoms with van der Waals surface area (Å²) in [5.74, 6) is -1.18. The van der Waals surface area contributed by atoms with E-state index in [1.165, 1.54) is 24.3 Å². The zero-order chi connectivity index (χ0) is 13.1. The topological polar surface area (TPSA) is 101 Å². The van der Waals surface area contributed by atoms with Gasteiger partial charge in [-0.2, -0.15) is 5.10 Å². The number of nitrogens with one attached hydrogen (secondary N) is 2. The Balaban J connectivity index is 2.18. The van der Waals surface area contributed by atoms with Gasteiger partial charge in [-0.25, -0.2) is 9.49 Å². The van der Waals surface area contributed by atoms with Gasteiger partial charge in [-0.05, 0) is 24.3 Å². The zero-order valence-electron chi connectivity index (χ0n) is 9.11. The molecule has 2 aromatic rings. The predicted octanol–water partition coefficient (Wildman–Crippen LogP) is 0.744. The van der Waals surface area contributed by atoms with E-state index in [0.29, 0.717) is 0 Å². The van der Waals surface area contributed by atoms with Gasteiger partial charge in [0, 0.05) is 11.8 Å². The van der Waals surface area contributed by atoms with Crippen molar-refractivity contribution >= 4 is 17.3 Å². The second-order valence-corrected chi connectivity index (χ2v) is 3.50. The highest BCUT2D eigenvalue weighted by Gasteiger charge is 2.08. The molecule has 0 fully saturated rings. The molecule has 0 unspecified atom stereocenters. The van der Waals surface area contributed by atoms with Crippen LogP contribution >= 0.6 is 0 Å². The lowest BCUT2D eigenvalue weighted by molar-refractivity contribution is 0.102. The van der Waals surface area contributed by atoms with Crippen LogP contribution in [0.25, 0.3) is 0 Å². The molecule has 0 saturated heterocycles. The Morgan fingerprint density at radius 3 is 2.72 bits per heavy atom. The molecule has 0 saturated carbocycles. The van der Waals surface area contributed by atoms with Crippen molar-refractivity contribution in [2.45, 2.75) is 0 Å². The van der Waals surface area contributed by atoms with Crippen LogP contribution in [0.4, 0.5) is 15.8 Å². The molecule has 1 aromatic carbocycles. The number of aromatic amines is 1. The maximum absolute atomic E-state index is 13.1. The van der Waals surface area contributed by atoms with E-state index >= 15 is 0 Å². The summed E-state index contributed by atoms with van der Waals surface area (Å²) >= 11 is 0. The van der Waals surface area contributed by atoms with Crippen LogP contribution in [-0.2, 0) is 0 Å². The molecule has 4 N–H and O–H groups in total. The lowest BCUT2D eigenvalue weighted by atomic mass is 10.2. The number of hydrogen-bond acceptors (Lipinski definition) is 4. The van der Waals surface area contributed by atoms with Crippen LogP contribution < -0.4 is 16.6 Å². The minimum Gasteiger partial charge on any atom is -0.396 e. The molecule has 92 valence electrons. The summed E-state index contributed by atoms with van der Waals surface area (Å²) < 4.78 is 13.1. The van der Waals surface area contributed by atoms with Gasteiger partial charge in [-0.1, -0.05) is 0 Å². The molecule has 0 aliphatic rings. The molecule has 0 atom stereocenters. The van der Waals surface area contributed by atoms with Gasteiger partial charge in [0.1, 0.15) is 11.5 Å². The molecular weight excluding hydrogens is 239 g/mol.